The lowest BCUT2D eigenvalue weighted by Gasteiger charge is -2.13. The van der Waals surface area contributed by atoms with E-state index in [-0.39, 0.29) is 0 Å². The van der Waals surface area contributed by atoms with Gasteiger partial charge < -0.3 is 10.1 Å². The van der Waals surface area contributed by atoms with Gasteiger partial charge in [-0.3, -0.25) is 4.68 Å². The van der Waals surface area contributed by atoms with E-state index in [1.807, 2.05) is 26.1 Å². The molecule has 1 unspecified atom stereocenters. The van der Waals surface area contributed by atoms with Crippen LogP contribution in [0.5, 0.6) is 5.75 Å². The molecule has 0 aliphatic rings. The van der Waals surface area contributed by atoms with E-state index in [4.69, 9.17) is 16.3 Å². The summed E-state index contributed by atoms with van der Waals surface area (Å²) in [5.74, 6) is 0.835. The van der Waals surface area contributed by atoms with Gasteiger partial charge in [-0.15, -0.1) is 0 Å². The average molecular weight is 308 g/mol. The fraction of sp³-hybridized carbons (Fsp3) is 0.438. The summed E-state index contributed by atoms with van der Waals surface area (Å²) in [6, 6.07) is 8.49. The molecule has 0 fully saturated rings. The molecule has 0 spiro atoms. The number of rotatable bonds is 6. The number of nitrogens with one attached hydrogen (secondary N) is 1. The first-order chi connectivity index (χ1) is 10.0. The minimum Gasteiger partial charge on any atom is -0.489 e. The Bertz CT molecular complexity index is 592. The molecule has 1 atom stereocenters. The topological polar surface area (TPSA) is 39.1 Å². The summed E-state index contributed by atoms with van der Waals surface area (Å²) in [4.78, 5) is 0. The van der Waals surface area contributed by atoms with Gasteiger partial charge in [0.2, 0.25) is 0 Å². The Morgan fingerprint density at radius 2 is 2.00 bits per heavy atom. The van der Waals surface area contributed by atoms with Crippen LogP contribution in [0.25, 0.3) is 0 Å². The van der Waals surface area contributed by atoms with Crippen LogP contribution in [0, 0.1) is 6.92 Å². The third-order valence-corrected chi connectivity index (χ3v) is 4.02. The van der Waals surface area contributed by atoms with Gasteiger partial charge in [0.15, 0.2) is 0 Å². The molecule has 0 aliphatic heterocycles. The van der Waals surface area contributed by atoms with Crippen LogP contribution in [0.15, 0.2) is 24.3 Å². The third kappa shape index (κ3) is 3.77. The van der Waals surface area contributed by atoms with Gasteiger partial charge in [0.25, 0.3) is 0 Å². The number of hydrogen-bond donors (Lipinski definition) is 1. The molecule has 0 saturated carbocycles. The minimum atomic E-state index is 0.346. The van der Waals surface area contributed by atoms with E-state index in [9.17, 15) is 0 Å². The van der Waals surface area contributed by atoms with Crippen molar-refractivity contribution in [2.45, 2.75) is 33.4 Å². The Balaban J connectivity index is 2.01. The van der Waals surface area contributed by atoms with Gasteiger partial charge in [0.05, 0.1) is 5.69 Å². The molecule has 1 aromatic carbocycles. The average Bonchev–Trinajstić information content (AvgIpc) is 2.71. The first-order valence-corrected chi connectivity index (χ1v) is 7.54. The van der Waals surface area contributed by atoms with Crippen LogP contribution in [0.4, 0.5) is 0 Å². The normalized spacial score (nSPS) is 12.4. The smallest absolute Gasteiger partial charge is 0.133 e. The van der Waals surface area contributed by atoms with Gasteiger partial charge in [-0.25, -0.2) is 0 Å². The summed E-state index contributed by atoms with van der Waals surface area (Å²) < 4.78 is 7.47. The fourth-order valence-electron chi connectivity index (χ4n) is 2.27. The summed E-state index contributed by atoms with van der Waals surface area (Å²) in [6.07, 6.45) is 0. The van der Waals surface area contributed by atoms with Crippen molar-refractivity contribution in [1.82, 2.24) is 15.1 Å². The maximum absolute atomic E-state index is 6.19. The van der Waals surface area contributed by atoms with E-state index < -0.39 is 0 Å². The molecule has 0 bridgehead atoms. The standard InChI is InChI=1S/C16H22ClN3O/c1-5-18-11(2)13-6-8-14(9-7-13)21-10-15-12(3)19-20(4)16(15)17/h6-9,11,18H,5,10H2,1-4H3. The van der Waals surface area contributed by atoms with E-state index in [1.54, 1.807) is 4.68 Å². The zero-order chi connectivity index (χ0) is 15.4. The zero-order valence-corrected chi connectivity index (χ0v) is 13.7. The molecule has 2 rings (SSSR count). The lowest BCUT2D eigenvalue weighted by atomic mass is 10.1. The molecule has 0 radical (unpaired) electrons. The molecule has 5 heteroatoms. The van der Waals surface area contributed by atoms with Gasteiger partial charge in [0.1, 0.15) is 17.5 Å². The Morgan fingerprint density at radius 1 is 1.33 bits per heavy atom. The quantitative estimate of drug-likeness (QED) is 0.885. The summed E-state index contributed by atoms with van der Waals surface area (Å²) >= 11 is 6.19. The molecular weight excluding hydrogens is 286 g/mol. The highest BCUT2D eigenvalue weighted by molar-refractivity contribution is 6.30. The van der Waals surface area contributed by atoms with E-state index in [1.165, 1.54) is 5.56 Å². The van der Waals surface area contributed by atoms with Gasteiger partial charge in [0, 0.05) is 18.7 Å². The van der Waals surface area contributed by atoms with Gasteiger partial charge >= 0.3 is 0 Å². The first kappa shape index (κ1) is 15.9. The second kappa shape index (κ2) is 6.96. The van der Waals surface area contributed by atoms with Crippen LogP contribution < -0.4 is 10.1 Å². The second-order valence-corrected chi connectivity index (χ2v) is 5.47. The van der Waals surface area contributed by atoms with Crippen molar-refractivity contribution in [2.75, 3.05) is 6.54 Å². The maximum Gasteiger partial charge on any atom is 0.133 e. The highest BCUT2D eigenvalue weighted by atomic mass is 35.5. The van der Waals surface area contributed by atoms with Crippen molar-refractivity contribution in [3.8, 4) is 5.75 Å². The third-order valence-electron chi connectivity index (χ3n) is 3.54. The predicted molar refractivity (Wildman–Crippen MR) is 85.8 cm³/mol. The monoisotopic (exact) mass is 307 g/mol. The van der Waals surface area contributed by atoms with Gasteiger partial charge in [-0.05, 0) is 38.1 Å². The lowest BCUT2D eigenvalue weighted by molar-refractivity contribution is 0.305. The molecule has 1 heterocycles. The van der Waals surface area contributed by atoms with Crippen molar-refractivity contribution < 1.29 is 4.74 Å². The fourth-order valence-corrected chi connectivity index (χ4v) is 2.50. The summed E-state index contributed by atoms with van der Waals surface area (Å²) in [5, 5.41) is 8.29. The van der Waals surface area contributed by atoms with Crippen molar-refractivity contribution >= 4 is 11.6 Å². The second-order valence-electron chi connectivity index (χ2n) is 5.12. The Hall–Kier alpha value is -1.52. The molecule has 4 nitrogen and oxygen atoms in total. The van der Waals surface area contributed by atoms with Crippen molar-refractivity contribution in [1.29, 1.82) is 0 Å². The number of halogens is 1. The van der Waals surface area contributed by atoms with Crippen LogP contribution in [0.1, 0.15) is 36.7 Å². The molecule has 1 aromatic heterocycles. The largest absolute Gasteiger partial charge is 0.489 e. The number of aryl methyl sites for hydroxylation is 2. The highest BCUT2D eigenvalue weighted by Gasteiger charge is 2.12. The van der Waals surface area contributed by atoms with Crippen molar-refractivity contribution in [3.63, 3.8) is 0 Å². The van der Waals surface area contributed by atoms with Crippen LogP contribution >= 0.6 is 11.6 Å². The number of nitrogens with zero attached hydrogens (tertiary/aromatic N) is 2. The SMILES string of the molecule is CCNC(C)c1ccc(OCc2c(C)nn(C)c2Cl)cc1. The van der Waals surface area contributed by atoms with E-state index in [0.717, 1.165) is 23.6 Å². The highest BCUT2D eigenvalue weighted by Crippen LogP contribution is 2.22. The van der Waals surface area contributed by atoms with E-state index in [0.29, 0.717) is 17.8 Å². The van der Waals surface area contributed by atoms with E-state index >= 15 is 0 Å². The van der Waals surface area contributed by atoms with Crippen LogP contribution in [0.2, 0.25) is 5.15 Å². The molecule has 0 amide bonds. The van der Waals surface area contributed by atoms with E-state index in [2.05, 4.69) is 36.4 Å². The van der Waals surface area contributed by atoms with Crippen molar-refractivity contribution in [3.05, 3.63) is 46.2 Å². The maximum atomic E-state index is 6.19. The molecule has 1 N–H and O–H groups in total. The number of hydrogen-bond acceptors (Lipinski definition) is 3. The molecule has 0 saturated heterocycles. The first-order valence-electron chi connectivity index (χ1n) is 7.17. The Morgan fingerprint density at radius 3 is 2.52 bits per heavy atom. The number of aromatic nitrogens is 2. The predicted octanol–water partition coefficient (Wildman–Crippen LogP) is 3.63. The van der Waals surface area contributed by atoms with Crippen LogP contribution in [-0.2, 0) is 13.7 Å². The van der Waals surface area contributed by atoms with Crippen LogP contribution in [0.3, 0.4) is 0 Å². The molecule has 21 heavy (non-hydrogen) atoms. The van der Waals surface area contributed by atoms with Gasteiger partial charge in [-0.2, -0.15) is 5.10 Å². The summed E-state index contributed by atoms with van der Waals surface area (Å²) in [6.45, 7) is 7.58. The minimum absolute atomic E-state index is 0.346. The van der Waals surface area contributed by atoms with Crippen molar-refractivity contribution in [2.24, 2.45) is 7.05 Å². The van der Waals surface area contributed by atoms with Crippen LogP contribution in [-0.4, -0.2) is 16.3 Å². The lowest BCUT2D eigenvalue weighted by Crippen LogP contribution is -2.17. The molecule has 2 aromatic rings. The Kier molecular flexibility index (Phi) is 5.26. The molecule has 114 valence electrons. The zero-order valence-electron chi connectivity index (χ0n) is 13.0. The Labute approximate surface area is 131 Å². The molecule has 0 aliphatic carbocycles. The van der Waals surface area contributed by atoms with Gasteiger partial charge in [-0.1, -0.05) is 30.7 Å². The number of ether oxygens (including phenoxy) is 1. The number of benzene rings is 1. The summed E-state index contributed by atoms with van der Waals surface area (Å²) in [7, 11) is 1.83. The summed E-state index contributed by atoms with van der Waals surface area (Å²) in [5.41, 5.74) is 3.09. The molecular formula is C16H22ClN3O.